The van der Waals surface area contributed by atoms with Gasteiger partial charge in [0.25, 0.3) is 5.91 Å². The lowest BCUT2D eigenvalue weighted by atomic mass is 10.2. The summed E-state index contributed by atoms with van der Waals surface area (Å²) in [6.45, 7) is 0. The first-order valence-corrected chi connectivity index (χ1v) is 5.62. The minimum Gasteiger partial charge on any atom is -0.347 e. The predicted octanol–water partition coefficient (Wildman–Crippen LogP) is 2.29. The number of pyridine rings is 1. The van der Waals surface area contributed by atoms with Crippen LogP contribution in [-0.4, -0.2) is 16.9 Å². The van der Waals surface area contributed by atoms with Crippen molar-refractivity contribution in [1.82, 2.24) is 10.3 Å². The Morgan fingerprint density at radius 3 is 2.73 bits per heavy atom. The van der Waals surface area contributed by atoms with Gasteiger partial charge >= 0.3 is 0 Å². The normalized spacial score (nSPS) is 15.5. The van der Waals surface area contributed by atoms with E-state index < -0.39 is 0 Å². The molecule has 0 fully saturated rings. The van der Waals surface area contributed by atoms with E-state index in [0.29, 0.717) is 5.69 Å². The molecule has 0 unspecified atom stereocenters. The molecular weight excluding hydrogens is 256 g/mol. The number of nitrogens with one attached hydrogen (secondary N) is 1. The summed E-state index contributed by atoms with van der Waals surface area (Å²) in [6.07, 6.45) is 7.63. The van der Waals surface area contributed by atoms with E-state index in [4.69, 9.17) is 0 Å². The quantitative estimate of drug-likeness (QED) is 0.835. The third kappa shape index (κ3) is 2.65. The Morgan fingerprint density at radius 1 is 1.40 bits per heavy atom. The molecule has 15 heavy (non-hydrogen) atoms. The molecule has 1 N–H and O–H groups in total. The fourth-order valence-corrected chi connectivity index (χ4v) is 1.74. The highest BCUT2D eigenvalue weighted by atomic mass is 79.9. The molecule has 0 saturated heterocycles. The molecule has 1 aliphatic rings. The molecule has 0 saturated carbocycles. The largest absolute Gasteiger partial charge is 0.347 e. The van der Waals surface area contributed by atoms with Crippen LogP contribution >= 0.6 is 15.9 Å². The fraction of sp³-hybridized carbons (Fsp3) is 0.273. The number of carbonyl (C=O) groups is 1. The van der Waals surface area contributed by atoms with Crippen LogP contribution in [0.4, 0.5) is 0 Å². The first-order valence-electron chi connectivity index (χ1n) is 4.83. The summed E-state index contributed by atoms with van der Waals surface area (Å²) >= 11 is 3.28. The van der Waals surface area contributed by atoms with Crippen molar-refractivity contribution >= 4 is 21.8 Å². The van der Waals surface area contributed by atoms with E-state index in [0.717, 1.165) is 17.3 Å². The monoisotopic (exact) mass is 266 g/mol. The molecule has 0 radical (unpaired) electrons. The number of nitrogens with zero attached hydrogens (tertiary/aromatic N) is 1. The lowest BCUT2D eigenvalue weighted by molar-refractivity contribution is 0.0934. The Kier molecular flexibility index (Phi) is 3.16. The van der Waals surface area contributed by atoms with Crippen molar-refractivity contribution in [3.05, 3.63) is 40.6 Å². The number of rotatable bonds is 2. The van der Waals surface area contributed by atoms with Crippen LogP contribution in [0, 0.1) is 0 Å². The number of aromatic nitrogens is 1. The van der Waals surface area contributed by atoms with Crippen LogP contribution in [0.3, 0.4) is 0 Å². The fourth-order valence-electron chi connectivity index (χ4n) is 1.50. The summed E-state index contributed by atoms with van der Waals surface area (Å²) in [4.78, 5) is 15.7. The topological polar surface area (TPSA) is 42.0 Å². The predicted molar refractivity (Wildman–Crippen MR) is 61.6 cm³/mol. The summed E-state index contributed by atoms with van der Waals surface area (Å²) in [5.74, 6) is -0.101. The van der Waals surface area contributed by atoms with E-state index in [1.165, 1.54) is 0 Å². The van der Waals surface area contributed by atoms with E-state index in [1.807, 2.05) is 6.07 Å². The van der Waals surface area contributed by atoms with Crippen molar-refractivity contribution in [2.45, 2.75) is 18.9 Å². The number of carbonyl (C=O) groups excluding carboxylic acids is 1. The van der Waals surface area contributed by atoms with Crippen molar-refractivity contribution in [2.24, 2.45) is 0 Å². The molecule has 0 aliphatic heterocycles. The Labute approximate surface area is 96.7 Å². The molecule has 4 heteroatoms. The molecule has 1 heterocycles. The van der Waals surface area contributed by atoms with Crippen LogP contribution in [-0.2, 0) is 0 Å². The third-order valence-electron chi connectivity index (χ3n) is 2.30. The second-order valence-electron chi connectivity index (χ2n) is 3.47. The molecule has 3 nitrogen and oxygen atoms in total. The van der Waals surface area contributed by atoms with Crippen LogP contribution in [0.25, 0.3) is 0 Å². The van der Waals surface area contributed by atoms with Gasteiger partial charge in [0.1, 0.15) is 5.69 Å². The van der Waals surface area contributed by atoms with Crippen LogP contribution < -0.4 is 5.32 Å². The first kappa shape index (κ1) is 10.4. The Balaban J connectivity index is 1.98. The van der Waals surface area contributed by atoms with Crippen LogP contribution in [0.15, 0.2) is 35.0 Å². The maximum Gasteiger partial charge on any atom is 0.270 e. The van der Waals surface area contributed by atoms with Crippen molar-refractivity contribution in [1.29, 1.82) is 0 Å². The van der Waals surface area contributed by atoms with Gasteiger partial charge in [0.05, 0.1) is 0 Å². The second-order valence-corrected chi connectivity index (χ2v) is 4.39. The van der Waals surface area contributed by atoms with Crippen molar-refractivity contribution in [3.8, 4) is 0 Å². The van der Waals surface area contributed by atoms with E-state index in [1.54, 1.807) is 12.3 Å². The Hall–Kier alpha value is -1.16. The average molecular weight is 267 g/mol. The molecule has 2 rings (SSSR count). The molecule has 78 valence electrons. The molecule has 0 bridgehead atoms. The molecule has 0 atom stereocenters. The van der Waals surface area contributed by atoms with Crippen molar-refractivity contribution in [2.75, 3.05) is 0 Å². The Bertz CT molecular complexity index is 378. The molecule has 1 aliphatic carbocycles. The van der Waals surface area contributed by atoms with Crippen molar-refractivity contribution < 1.29 is 4.79 Å². The second kappa shape index (κ2) is 4.57. The van der Waals surface area contributed by atoms with Gasteiger partial charge in [-0.15, -0.1) is 0 Å². The highest BCUT2D eigenvalue weighted by molar-refractivity contribution is 9.10. The average Bonchev–Trinajstić information content (AvgIpc) is 2.71. The number of hydrogen-bond acceptors (Lipinski definition) is 2. The summed E-state index contributed by atoms with van der Waals surface area (Å²) in [5, 5.41) is 2.94. The smallest absolute Gasteiger partial charge is 0.270 e. The van der Waals surface area contributed by atoms with Gasteiger partial charge in [0, 0.05) is 16.7 Å². The van der Waals surface area contributed by atoms with E-state index in [2.05, 4.69) is 38.4 Å². The van der Waals surface area contributed by atoms with Gasteiger partial charge in [0.2, 0.25) is 0 Å². The van der Waals surface area contributed by atoms with Gasteiger partial charge in [-0.2, -0.15) is 0 Å². The highest BCUT2D eigenvalue weighted by Crippen LogP contribution is 2.11. The lowest BCUT2D eigenvalue weighted by Gasteiger charge is -2.11. The minimum atomic E-state index is -0.101. The maximum absolute atomic E-state index is 11.7. The SMILES string of the molecule is O=C(NC1CC=CC1)c1ccc(Br)cn1. The van der Waals surface area contributed by atoms with E-state index in [9.17, 15) is 4.79 Å². The molecule has 0 aromatic carbocycles. The summed E-state index contributed by atoms with van der Waals surface area (Å²) in [5.41, 5.74) is 0.463. The van der Waals surface area contributed by atoms with Gasteiger partial charge in [-0.3, -0.25) is 4.79 Å². The third-order valence-corrected chi connectivity index (χ3v) is 2.77. The zero-order valence-electron chi connectivity index (χ0n) is 8.11. The van der Waals surface area contributed by atoms with E-state index in [-0.39, 0.29) is 11.9 Å². The zero-order valence-corrected chi connectivity index (χ0v) is 9.70. The zero-order chi connectivity index (χ0) is 10.7. The lowest BCUT2D eigenvalue weighted by Crippen LogP contribution is -2.33. The Morgan fingerprint density at radius 2 is 2.13 bits per heavy atom. The summed E-state index contributed by atoms with van der Waals surface area (Å²) in [7, 11) is 0. The van der Waals surface area contributed by atoms with E-state index >= 15 is 0 Å². The van der Waals surface area contributed by atoms with Gasteiger partial charge in [-0.25, -0.2) is 4.98 Å². The van der Waals surface area contributed by atoms with Gasteiger partial charge < -0.3 is 5.32 Å². The van der Waals surface area contributed by atoms with Crippen LogP contribution in [0.1, 0.15) is 23.3 Å². The van der Waals surface area contributed by atoms with Gasteiger partial charge in [-0.05, 0) is 40.9 Å². The molecule has 1 aromatic heterocycles. The first-order chi connectivity index (χ1) is 7.25. The number of halogens is 1. The minimum absolute atomic E-state index is 0.101. The standard InChI is InChI=1S/C11H11BrN2O/c12-8-5-6-10(13-7-8)11(15)14-9-3-1-2-4-9/h1-2,5-7,9H,3-4H2,(H,14,15). The number of amides is 1. The maximum atomic E-state index is 11.7. The molecule has 1 amide bonds. The molecule has 1 aromatic rings. The van der Waals surface area contributed by atoms with Gasteiger partial charge in [0.15, 0.2) is 0 Å². The van der Waals surface area contributed by atoms with Crippen molar-refractivity contribution in [3.63, 3.8) is 0 Å². The number of hydrogen-bond donors (Lipinski definition) is 1. The highest BCUT2D eigenvalue weighted by Gasteiger charge is 2.14. The summed E-state index contributed by atoms with van der Waals surface area (Å²) < 4.78 is 0.876. The molecular formula is C11H11BrN2O. The van der Waals surface area contributed by atoms with Crippen LogP contribution in [0.5, 0.6) is 0 Å². The summed E-state index contributed by atoms with van der Waals surface area (Å²) in [6, 6.07) is 3.76. The molecule has 0 spiro atoms. The van der Waals surface area contributed by atoms with Gasteiger partial charge in [-0.1, -0.05) is 12.2 Å². The van der Waals surface area contributed by atoms with Crippen LogP contribution in [0.2, 0.25) is 0 Å².